The molecule has 1 aromatic carbocycles. The van der Waals surface area contributed by atoms with Crippen LogP contribution in [0, 0.1) is 20.8 Å². The van der Waals surface area contributed by atoms with Crippen LogP contribution in [0.15, 0.2) is 12.1 Å². The highest BCUT2D eigenvalue weighted by molar-refractivity contribution is 5.39. The van der Waals surface area contributed by atoms with E-state index < -0.39 is 0 Å². The molecule has 0 N–H and O–H groups in total. The third-order valence-corrected chi connectivity index (χ3v) is 2.60. The molecule has 0 fully saturated rings. The molecule has 0 aliphatic carbocycles. The molecule has 0 atom stereocenters. The fourth-order valence-corrected chi connectivity index (χ4v) is 1.64. The van der Waals surface area contributed by atoms with Gasteiger partial charge in [0.1, 0.15) is 0 Å². The van der Waals surface area contributed by atoms with Crippen molar-refractivity contribution in [2.75, 3.05) is 0 Å². The number of hydrogen-bond donors (Lipinski definition) is 0. The smallest absolute Gasteiger partial charge is 0.0276 e. The standard InChI is InChI=1S/C12H18/c1-5-6-12-10(3)8-7-9(2)11(12)4/h7-8H,5-6H2,1-4H3. The summed E-state index contributed by atoms with van der Waals surface area (Å²) in [5.74, 6) is 0. The molecule has 0 bridgehead atoms. The summed E-state index contributed by atoms with van der Waals surface area (Å²) in [7, 11) is 0. The van der Waals surface area contributed by atoms with Crippen molar-refractivity contribution in [2.45, 2.75) is 40.5 Å². The minimum Gasteiger partial charge on any atom is -0.0651 e. The Kier molecular flexibility index (Phi) is 2.91. The molecule has 0 aliphatic rings. The van der Waals surface area contributed by atoms with E-state index in [-0.39, 0.29) is 0 Å². The Morgan fingerprint density at radius 1 is 1.00 bits per heavy atom. The van der Waals surface area contributed by atoms with Crippen LogP contribution in [0.2, 0.25) is 0 Å². The first kappa shape index (κ1) is 9.31. The van der Waals surface area contributed by atoms with E-state index in [1.54, 1.807) is 5.56 Å². The van der Waals surface area contributed by atoms with Gasteiger partial charge in [0, 0.05) is 0 Å². The molecule has 1 aromatic rings. The highest BCUT2D eigenvalue weighted by Gasteiger charge is 2.02. The van der Waals surface area contributed by atoms with E-state index in [4.69, 9.17) is 0 Å². The lowest BCUT2D eigenvalue weighted by molar-refractivity contribution is 0.900. The molecule has 0 spiro atoms. The average molecular weight is 162 g/mol. The topological polar surface area (TPSA) is 0 Å². The highest BCUT2D eigenvalue weighted by atomic mass is 14.1. The zero-order valence-electron chi connectivity index (χ0n) is 8.57. The molecule has 0 aromatic heterocycles. The van der Waals surface area contributed by atoms with Crippen molar-refractivity contribution in [3.05, 3.63) is 34.4 Å². The number of rotatable bonds is 2. The molecule has 0 radical (unpaired) electrons. The third-order valence-electron chi connectivity index (χ3n) is 2.60. The summed E-state index contributed by atoms with van der Waals surface area (Å²) in [6.45, 7) is 8.86. The molecule has 66 valence electrons. The van der Waals surface area contributed by atoms with Crippen LogP contribution >= 0.6 is 0 Å². The van der Waals surface area contributed by atoms with E-state index >= 15 is 0 Å². The van der Waals surface area contributed by atoms with Crippen molar-refractivity contribution < 1.29 is 0 Å². The van der Waals surface area contributed by atoms with Crippen molar-refractivity contribution in [3.8, 4) is 0 Å². The van der Waals surface area contributed by atoms with Gasteiger partial charge in [-0.3, -0.25) is 0 Å². The fourth-order valence-electron chi connectivity index (χ4n) is 1.64. The minimum absolute atomic E-state index is 1.22. The zero-order valence-corrected chi connectivity index (χ0v) is 8.57. The Hall–Kier alpha value is -0.780. The Bertz CT molecular complexity index is 272. The van der Waals surface area contributed by atoms with Crippen LogP contribution in [0.4, 0.5) is 0 Å². The summed E-state index contributed by atoms with van der Waals surface area (Å²) >= 11 is 0. The van der Waals surface area contributed by atoms with Crippen LogP contribution in [0.5, 0.6) is 0 Å². The van der Waals surface area contributed by atoms with Gasteiger partial charge >= 0.3 is 0 Å². The first-order valence-electron chi connectivity index (χ1n) is 4.72. The van der Waals surface area contributed by atoms with Gasteiger partial charge in [0.2, 0.25) is 0 Å². The Balaban J connectivity index is 3.14. The van der Waals surface area contributed by atoms with Gasteiger partial charge in [0.15, 0.2) is 0 Å². The fraction of sp³-hybridized carbons (Fsp3) is 0.500. The van der Waals surface area contributed by atoms with E-state index in [1.165, 1.54) is 29.5 Å². The van der Waals surface area contributed by atoms with Crippen molar-refractivity contribution in [1.29, 1.82) is 0 Å². The van der Waals surface area contributed by atoms with E-state index in [9.17, 15) is 0 Å². The lowest BCUT2D eigenvalue weighted by atomic mass is 9.95. The summed E-state index contributed by atoms with van der Waals surface area (Å²) in [5.41, 5.74) is 5.90. The summed E-state index contributed by atoms with van der Waals surface area (Å²) < 4.78 is 0. The molecule has 1 rings (SSSR count). The SMILES string of the molecule is CCCc1c(C)ccc(C)c1C. The number of hydrogen-bond acceptors (Lipinski definition) is 0. The Morgan fingerprint density at radius 3 is 2.17 bits per heavy atom. The average Bonchev–Trinajstić information content (AvgIpc) is 2.06. The van der Waals surface area contributed by atoms with Crippen LogP contribution in [0.3, 0.4) is 0 Å². The van der Waals surface area contributed by atoms with E-state index in [0.717, 1.165) is 0 Å². The van der Waals surface area contributed by atoms with Gasteiger partial charge in [-0.2, -0.15) is 0 Å². The van der Waals surface area contributed by atoms with Crippen LogP contribution in [0.25, 0.3) is 0 Å². The van der Waals surface area contributed by atoms with Crippen LogP contribution in [-0.4, -0.2) is 0 Å². The number of aryl methyl sites for hydroxylation is 2. The minimum atomic E-state index is 1.22. The van der Waals surface area contributed by atoms with Gasteiger partial charge in [0.25, 0.3) is 0 Å². The molecule has 12 heavy (non-hydrogen) atoms. The molecule has 0 heterocycles. The molecule has 0 aliphatic heterocycles. The molecular weight excluding hydrogens is 144 g/mol. The number of benzene rings is 1. The summed E-state index contributed by atoms with van der Waals surface area (Å²) in [5, 5.41) is 0. The first-order valence-corrected chi connectivity index (χ1v) is 4.72. The predicted molar refractivity (Wildman–Crippen MR) is 54.6 cm³/mol. The largest absolute Gasteiger partial charge is 0.0651 e. The van der Waals surface area contributed by atoms with Crippen molar-refractivity contribution >= 4 is 0 Å². The van der Waals surface area contributed by atoms with Gasteiger partial charge in [-0.05, 0) is 49.4 Å². The van der Waals surface area contributed by atoms with Crippen LogP contribution in [0.1, 0.15) is 35.6 Å². The maximum Gasteiger partial charge on any atom is -0.0276 e. The van der Waals surface area contributed by atoms with E-state index in [2.05, 4.69) is 39.8 Å². The predicted octanol–water partition coefficient (Wildman–Crippen LogP) is 3.56. The normalized spacial score (nSPS) is 10.3. The molecular formula is C12H18. The van der Waals surface area contributed by atoms with Gasteiger partial charge in [-0.25, -0.2) is 0 Å². The Morgan fingerprint density at radius 2 is 1.58 bits per heavy atom. The lowest BCUT2D eigenvalue weighted by Gasteiger charge is -2.10. The maximum atomic E-state index is 2.24. The van der Waals surface area contributed by atoms with Crippen molar-refractivity contribution in [2.24, 2.45) is 0 Å². The molecule has 0 heteroatoms. The molecule has 0 saturated heterocycles. The second kappa shape index (κ2) is 3.75. The molecule has 0 amide bonds. The monoisotopic (exact) mass is 162 g/mol. The summed E-state index contributed by atoms with van der Waals surface area (Å²) in [4.78, 5) is 0. The summed E-state index contributed by atoms with van der Waals surface area (Å²) in [6.07, 6.45) is 2.46. The highest BCUT2D eigenvalue weighted by Crippen LogP contribution is 2.18. The first-order chi connectivity index (χ1) is 5.66. The quantitative estimate of drug-likeness (QED) is 0.623. The zero-order chi connectivity index (χ0) is 9.14. The van der Waals surface area contributed by atoms with Crippen LogP contribution < -0.4 is 0 Å². The second-order valence-electron chi connectivity index (χ2n) is 3.55. The van der Waals surface area contributed by atoms with Gasteiger partial charge in [-0.1, -0.05) is 25.5 Å². The van der Waals surface area contributed by atoms with E-state index in [1.807, 2.05) is 0 Å². The van der Waals surface area contributed by atoms with E-state index in [0.29, 0.717) is 0 Å². The maximum absolute atomic E-state index is 2.24. The third kappa shape index (κ3) is 1.69. The Labute approximate surface area is 75.6 Å². The molecule has 0 saturated carbocycles. The molecule has 0 nitrogen and oxygen atoms in total. The molecule has 0 unspecified atom stereocenters. The van der Waals surface area contributed by atoms with Crippen molar-refractivity contribution in [1.82, 2.24) is 0 Å². The van der Waals surface area contributed by atoms with Crippen molar-refractivity contribution in [3.63, 3.8) is 0 Å². The van der Waals surface area contributed by atoms with Gasteiger partial charge in [-0.15, -0.1) is 0 Å². The second-order valence-corrected chi connectivity index (χ2v) is 3.55. The van der Waals surface area contributed by atoms with Gasteiger partial charge in [0.05, 0.1) is 0 Å². The van der Waals surface area contributed by atoms with Crippen LogP contribution in [-0.2, 0) is 6.42 Å². The lowest BCUT2D eigenvalue weighted by Crippen LogP contribution is -1.95. The summed E-state index contributed by atoms with van der Waals surface area (Å²) in [6, 6.07) is 4.44. The van der Waals surface area contributed by atoms with Gasteiger partial charge < -0.3 is 0 Å².